The first-order valence-corrected chi connectivity index (χ1v) is 14.9. The van der Waals surface area contributed by atoms with Gasteiger partial charge in [0.15, 0.2) is 0 Å². The van der Waals surface area contributed by atoms with E-state index < -0.39 is 12.3 Å². The zero-order valence-corrected chi connectivity index (χ0v) is 22.2. The number of nitrogens with one attached hydrogen (secondary N) is 1. The summed E-state index contributed by atoms with van der Waals surface area (Å²) in [5.41, 5.74) is 2.42. The molecule has 2 N–H and O–H groups in total. The molecule has 0 bridgehead atoms. The molecule has 0 amide bonds. The molecular weight excluding hydrogens is 513 g/mol. The lowest BCUT2D eigenvalue weighted by Crippen LogP contribution is -2.45. The Balaban J connectivity index is 1.61. The minimum atomic E-state index is -3.97. The third-order valence-electron chi connectivity index (χ3n) is 5.73. The largest absolute Gasteiger partial charge is 0.497 e. The zero-order valence-electron chi connectivity index (χ0n) is 19.7. The Morgan fingerprint density at radius 2 is 1.36 bits per heavy atom. The highest BCUT2D eigenvalue weighted by Gasteiger charge is 2.36. The van der Waals surface area contributed by atoms with E-state index in [1.165, 1.54) is 0 Å². The van der Waals surface area contributed by atoms with Gasteiger partial charge in [0, 0.05) is 12.3 Å². The molecule has 1 unspecified atom stereocenters. The molecule has 36 heavy (non-hydrogen) atoms. The second-order valence-corrected chi connectivity index (χ2v) is 12.3. The fraction of sp³-hybridized carbons (Fsp3) is 0.143. The maximum Gasteiger partial charge on any atom is 0.437 e. The van der Waals surface area contributed by atoms with Crippen molar-refractivity contribution < 1.29 is 18.7 Å². The van der Waals surface area contributed by atoms with E-state index in [1.54, 1.807) is 31.4 Å². The van der Waals surface area contributed by atoms with Crippen LogP contribution in [0.2, 0.25) is 5.02 Å². The van der Waals surface area contributed by atoms with Crippen LogP contribution in [0.4, 0.5) is 0 Å². The molecule has 0 saturated carbocycles. The monoisotopic (exact) mass is 539 g/mol. The Kier molecular flexibility index (Phi) is 8.78. The molecule has 0 aliphatic heterocycles. The van der Waals surface area contributed by atoms with Crippen molar-refractivity contribution in [1.29, 1.82) is 0 Å². The SMILES string of the molecule is COc1ccc(C(NCCSP(=O)(O)Oc2ccccc2Cl)(c2ccccc2)c2ccccc2)cc1. The molecule has 0 aromatic heterocycles. The molecule has 186 valence electrons. The predicted molar refractivity (Wildman–Crippen MR) is 148 cm³/mol. The summed E-state index contributed by atoms with van der Waals surface area (Å²) < 4.78 is 23.5. The third kappa shape index (κ3) is 6.15. The van der Waals surface area contributed by atoms with Crippen molar-refractivity contribution in [2.45, 2.75) is 5.54 Å². The van der Waals surface area contributed by atoms with Gasteiger partial charge in [-0.2, -0.15) is 0 Å². The van der Waals surface area contributed by atoms with Gasteiger partial charge in [0.2, 0.25) is 0 Å². The Morgan fingerprint density at radius 3 is 1.92 bits per heavy atom. The first-order chi connectivity index (χ1) is 17.4. The summed E-state index contributed by atoms with van der Waals surface area (Å²) in [6.07, 6.45) is 0. The van der Waals surface area contributed by atoms with Gasteiger partial charge in [-0.05, 0) is 52.3 Å². The topological polar surface area (TPSA) is 67.8 Å². The van der Waals surface area contributed by atoms with E-state index in [9.17, 15) is 9.46 Å². The Hall–Kier alpha value is -2.73. The number of hydrogen-bond donors (Lipinski definition) is 2. The first kappa shape index (κ1) is 26.3. The van der Waals surface area contributed by atoms with E-state index in [-0.39, 0.29) is 10.8 Å². The summed E-state index contributed by atoms with van der Waals surface area (Å²) in [6, 6.07) is 34.9. The highest BCUT2D eigenvalue weighted by atomic mass is 35.5. The molecule has 0 saturated heterocycles. The van der Waals surface area contributed by atoms with Gasteiger partial charge < -0.3 is 14.2 Å². The molecule has 1 atom stereocenters. The van der Waals surface area contributed by atoms with Crippen LogP contribution in [-0.4, -0.2) is 24.3 Å². The summed E-state index contributed by atoms with van der Waals surface area (Å²) in [5.74, 6) is 1.28. The van der Waals surface area contributed by atoms with Crippen molar-refractivity contribution in [1.82, 2.24) is 5.32 Å². The molecule has 4 rings (SSSR count). The number of benzene rings is 4. The summed E-state index contributed by atoms with van der Waals surface area (Å²) in [6.45, 7) is -3.55. The van der Waals surface area contributed by atoms with E-state index in [1.807, 2.05) is 60.7 Å². The van der Waals surface area contributed by atoms with E-state index >= 15 is 0 Å². The molecule has 0 aliphatic rings. The minimum absolute atomic E-state index is 0.187. The third-order valence-corrected chi connectivity index (χ3v) is 8.94. The van der Waals surface area contributed by atoms with Gasteiger partial charge in [0.1, 0.15) is 11.5 Å². The van der Waals surface area contributed by atoms with Gasteiger partial charge in [-0.1, -0.05) is 96.5 Å². The zero-order chi connectivity index (χ0) is 25.4. The van der Waals surface area contributed by atoms with E-state index in [0.717, 1.165) is 33.8 Å². The quantitative estimate of drug-likeness (QED) is 0.120. The molecule has 0 aliphatic carbocycles. The molecule has 0 radical (unpaired) electrons. The number of ether oxygens (including phenoxy) is 1. The highest BCUT2D eigenvalue weighted by Crippen LogP contribution is 2.56. The maximum atomic E-state index is 12.7. The van der Waals surface area contributed by atoms with Crippen LogP contribution in [0.5, 0.6) is 11.5 Å². The fourth-order valence-corrected chi connectivity index (χ4v) is 6.57. The molecule has 0 fully saturated rings. The Labute approximate surface area is 220 Å². The maximum absolute atomic E-state index is 12.7. The van der Waals surface area contributed by atoms with Crippen LogP contribution in [0.25, 0.3) is 0 Å². The molecule has 0 spiro atoms. The summed E-state index contributed by atoms with van der Waals surface area (Å²) in [5, 5.41) is 3.98. The van der Waals surface area contributed by atoms with Crippen LogP contribution in [0.15, 0.2) is 109 Å². The van der Waals surface area contributed by atoms with Gasteiger partial charge in [-0.15, -0.1) is 0 Å². The van der Waals surface area contributed by atoms with Crippen LogP contribution in [0.1, 0.15) is 16.7 Å². The average Bonchev–Trinajstić information content (AvgIpc) is 2.91. The van der Waals surface area contributed by atoms with E-state index in [2.05, 4.69) is 29.6 Å². The van der Waals surface area contributed by atoms with Crippen LogP contribution in [0, 0.1) is 0 Å². The van der Waals surface area contributed by atoms with E-state index in [0.29, 0.717) is 12.3 Å². The van der Waals surface area contributed by atoms with Crippen LogP contribution in [0.3, 0.4) is 0 Å². The van der Waals surface area contributed by atoms with Crippen LogP contribution >= 0.6 is 29.8 Å². The van der Waals surface area contributed by atoms with Crippen molar-refractivity contribution in [3.63, 3.8) is 0 Å². The first-order valence-electron chi connectivity index (χ1n) is 11.4. The molecular formula is C28H27ClNO4PS. The van der Waals surface area contributed by atoms with Gasteiger partial charge in [-0.3, -0.25) is 5.32 Å². The molecule has 4 aromatic rings. The van der Waals surface area contributed by atoms with Gasteiger partial charge in [-0.25, -0.2) is 4.57 Å². The van der Waals surface area contributed by atoms with Crippen molar-refractivity contribution >= 4 is 29.8 Å². The predicted octanol–water partition coefficient (Wildman–Crippen LogP) is 7.14. The number of halogens is 1. The van der Waals surface area contributed by atoms with E-state index in [4.69, 9.17) is 20.9 Å². The Bertz CT molecular complexity index is 1270. The lowest BCUT2D eigenvalue weighted by atomic mass is 9.77. The van der Waals surface area contributed by atoms with Gasteiger partial charge in [0.25, 0.3) is 0 Å². The Morgan fingerprint density at radius 1 is 0.833 bits per heavy atom. The second-order valence-electron chi connectivity index (χ2n) is 7.96. The number of hydrogen-bond acceptors (Lipinski definition) is 5. The second kappa shape index (κ2) is 12.0. The summed E-state index contributed by atoms with van der Waals surface area (Å²) >= 11 is 6.95. The average molecular weight is 540 g/mol. The molecule has 0 heterocycles. The van der Waals surface area contributed by atoms with Crippen molar-refractivity contribution in [3.8, 4) is 11.5 Å². The lowest BCUT2D eigenvalue weighted by molar-refractivity contribution is 0.402. The van der Waals surface area contributed by atoms with Crippen molar-refractivity contribution in [2.75, 3.05) is 19.4 Å². The van der Waals surface area contributed by atoms with Crippen molar-refractivity contribution in [3.05, 3.63) is 131 Å². The molecule has 4 aromatic carbocycles. The smallest absolute Gasteiger partial charge is 0.437 e. The highest BCUT2D eigenvalue weighted by molar-refractivity contribution is 8.54. The number of methoxy groups -OCH3 is 1. The number of para-hydroxylation sites is 1. The van der Waals surface area contributed by atoms with Crippen molar-refractivity contribution in [2.24, 2.45) is 0 Å². The summed E-state index contributed by atoms with van der Waals surface area (Å²) in [7, 11) is 1.64. The van der Waals surface area contributed by atoms with Gasteiger partial charge >= 0.3 is 6.80 Å². The minimum Gasteiger partial charge on any atom is -0.497 e. The van der Waals surface area contributed by atoms with Gasteiger partial charge in [0.05, 0.1) is 17.7 Å². The normalized spacial score (nSPS) is 13.1. The number of rotatable bonds is 11. The van der Waals surface area contributed by atoms with Crippen LogP contribution < -0.4 is 14.6 Å². The lowest BCUT2D eigenvalue weighted by Gasteiger charge is -2.37. The fourth-order valence-electron chi connectivity index (χ4n) is 4.09. The standard InChI is InChI=1S/C28H27ClNO4PS/c1-33-25-18-16-24(17-19-25)28(22-10-4-2-5-11-22,23-12-6-3-7-13-23)30-20-21-36-35(31,32)34-27-15-9-8-14-26(27)29/h2-19,30H,20-21H2,1H3,(H,31,32). The van der Waals surface area contributed by atoms with Crippen LogP contribution in [-0.2, 0) is 10.1 Å². The molecule has 5 nitrogen and oxygen atoms in total. The molecule has 8 heteroatoms. The summed E-state index contributed by atoms with van der Waals surface area (Å²) in [4.78, 5) is 10.4.